The molecule has 0 amide bonds. The van der Waals surface area contributed by atoms with Crippen LogP contribution in [0.2, 0.25) is 0 Å². The molecule has 1 aromatic rings. The molecule has 1 aliphatic rings. The van der Waals surface area contributed by atoms with Gasteiger partial charge < -0.3 is 9.84 Å². The maximum absolute atomic E-state index is 9.50. The fourth-order valence-corrected chi connectivity index (χ4v) is 2.37. The van der Waals surface area contributed by atoms with E-state index in [0.717, 1.165) is 0 Å². The summed E-state index contributed by atoms with van der Waals surface area (Å²) in [6.45, 7) is 1.13. The number of rotatable bonds is 2. The van der Waals surface area contributed by atoms with Crippen LogP contribution in [0.4, 0.5) is 0 Å². The van der Waals surface area contributed by atoms with Crippen molar-refractivity contribution in [2.75, 3.05) is 13.2 Å². The molecule has 1 aromatic carbocycles. The Morgan fingerprint density at radius 1 is 1.23 bits per heavy atom. The van der Waals surface area contributed by atoms with Crippen molar-refractivity contribution >= 4 is 11.8 Å². The first-order valence-electron chi connectivity index (χ1n) is 4.34. The summed E-state index contributed by atoms with van der Waals surface area (Å²) in [6, 6.07) is 10.1. The molecule has 3 heteroatoms. The van der Waals surface area contributed by atoms with Crippen LogP contribution >= 0.6 is 11.8 Å². The van der Waals surface area contributed by atoms with Gasteiger partial charge in [0, 0.05) is 4.90 Å². The first-order valence-corrected chi connectivity index (χ1v) is 5.22. The minimum atomic E-state index is -0.315. The van der Waals surface area contributed by atoms with Gasteiger partial charge in [0.05, 0.1) is 24.6 Å². The number of hydrogen-bond donors (Lipinski definition) is 1. The third-order valence-electron chi connectivity index (χ3n) is 2.03. The summed E-state index contributed by atoms with van der Waals surface area (Å²) >= 11 is 1.68. The quantitative estimate of drug-likeness (QED) is 0.778. The van der Waals surface area contributed by atoms with E-state index in [1.54, 1.807) is 11.8 Å². The second-order valence-corrected chi connectivity index (χ2v) is 4.39. The van der Waals surface area contributed by atoms with Crippen molar-refractivity contribution in [3.8, 4) is 0 Å². The molecule has 1 aliphatic heterocycles. The van der Waals surface area contributed by atoms with Crippen LogP contribution in [-0.2, 0) is 4.74 Å². The number of ether oxygens (including phenoxy) is 1. The van der Waals surface area contributed by atoms with Crippen LogP contribution in [-0.4, -0.2) is 29.7 Å². The molecule has 1 saturated heterocycles. The van der Waals surface area contributed by atoms with Crippen molar-refractivity contribution in [2.45, 2.75) is 16.2 Å². The van der Waals surface area contributed by atoms with Crippen LogP contribution in [0.15, 0.2) is 35.2 Å². The maximum Gasteiger partial charge on any atom is 0.0917 e. The normalized spacial score (nSPS) is 27.8. The van der Waals surface area contributed by atoms with Gasteiger partial charge in [-0.2, -0.15) is 0 Å². The molecule has 0 aromatic heterocycles. The Hall–Kier alpha value is -0.510. The third-order valence-corrected chi connectivity index (χ3v) is 3.33. The van der Waals surface area contributed by atoms with Gasteiger partial charge in [-0.1, -0.05) is 18.2 Å². The highest BCUT2D eigenvalue weighted by Crippen LogP contribution is 2.28. The Balaban J connectivity index is 1.98. The second-order valence-electron chi connectivity index (χ2n) is 3.07. The third kappa shape index (κ3) is 2.24. The van der Waals surface area contributed by atoms with Crippen molar-refractivity contribution in [3.05, 3.63) is 30.3 Å². The van der Waals surface area contributed by atoms with E-state index in [-0.39, 0.29) is 11.4 Å². The number of hydrogen-bond acceptors (Lipinski definition) is 3. The van der Waals surface area contributed by atoms with Crippen LogP contribution in [0.1, 0.15) is 0 Å². The minimum Gasteiger partial charge on any atom is -0.389 e. The van der Waals surface area contributed by atoms with Crippen molar-refractivity contribution in [1.29, 1.82) is 0 Å². The Morgan fingerprint density at radius 2 is 2.00 bits per heavy atom. The maximum atomic E-state index is 9.50. The topological polar surface area (TPSA) is 29.5 Å². The number of aliphatic hydroxyl groups excluding tert-OH is 1. The molecule has 2 rings (SSSR count). The van der Waals surface area contributed by atoms with E-state index in [2.05, 4.69) is 12.1 Å². The molecule has 0 unspecified atom stereocenters. The molecule has 0 spiro atoms. The van der Waals surface area contributed by atoms with E-state index in [1.165, 1.54) is 4.90 Å². The zero-order valence-electron chi connectivity index (χ0n) is 7.22. The Bertz CT molecular complexity index is 263. The van der Waals surface area contributed by atoms with Gasteiger partial charge in [-0.25, -0.2) is 0 Å². The SMILES string of the molecule is O[C@H]1COC[C@@H]1Sc1ccccc1. The monoisotopic (exact) mass is 196 g/mol. The Kier molecular flexibility index (Phi) is 2.88. The summed E-state index contributed by atoms with van der Waals surface area (Å²) in [4.78, 5) is 1.19. The van der Waals surface area contributed by atoms with Crippen LogP contribution in [0, 0.1) is 0 Å². The molecule has 1 heterocycles. The zero-order chi connectivity index (χ0) is 9.10. The molecule has 0 radical (unpaired) electrons. The molecule has 0 saturated carbocycles. The molecule has 1 N–H and O–H groups in total. The summed E-state index contributed by atoms with van der Waals surface area (Å²) in [6.07, 6.45) is -0.315. The number of thioether (sulfide) groups is 1. The highest BCUT2D eigenvalue weighted by Gasteiger charge is 2.26. The first kappa shape index (κ1) is 9.06. The average molecular weight is 196 g/mol. The lowest BCUT2D eigenvalue weighted by molar-refractivity contribution is 0.127. The standard InChI is InChI=1S/C10H12O2S/c11-9-6-12-7-10(9)13-8-4-2-1-3-5-8/h1-5,9-11H,6-7H2/t9-,10-/m0/s1. The molecule has 13 heavy (non-hydrogen) atoms. The van der Waals surface area contributed by atoms with E-state index in [9.17, 15) is 5.11 Å². The molecule has 0 bridgehead atoms. The van der Waals surface area contributed by atoms with Gasteiger partial charge >= 0.3 is 0 Å². The Morgan fingerprint density at radius 3 is 2.62 bits per heavy atom. The first-order chi connectivity index (χ1) is 6.36. The lowest BCUT2D eigenvalue weighted by Gasteiger charge is -2.10. The van der Waals surface area contributed by atoms with Crippen LogP contribution < -0.4 is 0 Å². The van der Waals surface area contributed by atoms with E-state index < -0.39 is 0 Å². The summed E-state index contributed by atoms with van der Waals surface area (Å²) in [7, 11) is 0. The highest BCUT2D eigenvalue weighted by atomic mass is 32.2. The van der Waals surface area contributed by atoms with Crippen molar-refractivity contribution < 1.29 is 9.84 Å². The van der Waals surface area contributed by atoms with Gasteiger partial charge in [0.2, 0.25) is 0 Å². The molecule has 1 fully saturated rings. The van der Waals surface area contributed by atoms with Crippen molar-refractivity contribution in [1.82, 2.24) is 0 Å². The smallest absolute Gasteiger partial charge is 0.0917 e. The van der Waals surface area contributed by atoms with E-state index in [0.29, 0.717) is 13.2 Å². The Labute approximate surface area is 81.9 Å². The van der Waals surface area contributed by atoms with Gasteiger partial charge in [0.1, 0.15) is 0 Å². The van der Waals surface area contributed by atoms with Crippen LogP contribution in [0.5, 0.6) is 0 Å². The van der Waals surface area contributed by atoms with Gasteiger partial charge in [-0.15, -0.1) is 11.8 Å². The van der Waals surface area contributed by atoms with Gasteiger partial charge in [-0.05, 0) is 12.1 Å². The van der Waals surface area contributed by atoms with E-state index >= 15 is 0 Å². The van der Waals surface area contributed by atoms with Gasteiger partial charge in [-0.3, -0.25) is 0 Å². The summed E-state index contributed by atoms with van der Waals surface area (Å²) in [5.74, 6) is 0. The summed E-state index contributed by atoms with van der Waals surface area (Å²) in [5.41, 5.74) is 0. The zero-order valence-corrected chi connectivity index (χ0v) is 8.04. The van der Waals surface area contributed by atoms with Crippen molar-refractivity contribution in [3.63, 3.8) is 0 Å². The largest absolute Gasteiger partial charge is 0.389 e. The highest BCUT2D eigenvalue weighted by molar-refractivity contribution is 8.00. The average Bonchev–Trinajstić information content (AvgIpc) is 2.54. The second kappa shape index (κ2) is 4.13. The molecule has 2 atom stereocenters. The predicted octanol–water partition coefficient (Wildman–Crippen LogP) is 1.54. The van der Waals surface area contributed by atoms with E-state index in [1.807, 2.05) is 18.2 Å². The number of aliphatic hydroxyl groups is 1. The van der Waals surface area contributed by atoms with Gasteiger partial charge in [0.25, 0.3) is 0 Å². The summed E-state index contributed by atoms with van der Waals surface area (Å²) in [5, 5.41) is 9.70. The molecule has 70 valence electrons. The van der Waals surface area contributed by atoms with E-state index in [4.69, 9.17) is 4.74 Å². The lowest BCUT2D eigenvalue weighted by Crippen LogP contribution is -2.19. The predicted molar refractivity (Wildman–Crippen MR) is 52.9 cm³/mol. The number of benzene rings is 1. The molecular formula is C10H12O2S. The summed E-state index contributed by atoms with van der Waals surface area (Å²) < 4.78 is 5.17. The fraction of sp³-hybridized carbons (Fsp3) is 0.400. The minimum absolute atomic E-state index is 0.197. The molecule has 0 aliphatic carbocycles. The van der Waals surface area contributed by atoms with Crippen LogP contribution in [0.3, 0.4) is 0 Å². The fourth-order valence-electron chi connectivity index (χ4n) is 1.31. The molecule has 2 nitrogen and oxygen atoms in total. The van der Waals surface area contributed by atoms with Crippen molar-refractivity contribution in [2.24, 2.45) is 0 Å². The van der Waals surface area contributed by atoms with Crippen LogP contribution in [0.25, 0.3) is 0 Å². The van der Waals surface area contributed by atoms with Gasteiger partial charge in [0.15, 0.2) is 0 Å². The lowest BCUT2D eigenvalue weighted by atomic mass is 10.3. The molecular weight excluding hydrogens is 184 g/mol.